The van der Waals surface area contributed by atoms with Crippen LogP contribution in [0.2, 0.25) is 0 Å². The first-order chi connectivity index (χ1) is 20.5. The van der Waals surface area contributed by atoms with Crippen molar-refractivity contribution >= 4 is 64.6 Å². The lowest BCUT2D eigenvalue weighted by molar-refractivity contribution is -0.128. The number of para-hydroxylation sites is 2. The molecule has 4 saturated carbocycles. The molecule has 44 heavy (non-hydrogen) atoms. The van der Waals surface area contributed by atoms with E-state index in [0.29, 0.717) is 46.8 Å². The minimum Gasteiger partial charge on any atom is -0.299 e. The van der Waals surface area contributed by atoms with Gasteiger partial charge in [0.1, 0.15) is 11.6 Å². The molecule has 6 rings (SSSR count). The molecule has 0 aliphatic heterocycles. The average molecular weight is 677 g/mol. The van der Waals surface area contributed by atoms with E-state index in [1.165, 1.54) is 21.6 Å². The zero-order valence-corrected chi connectivity index (χ0v) is 28.8. The van der Waals surface area contributed by atoms with Crippen molar-refractivity contribution in [3.63, 3.8) is 0 Å². The summed E-state index contributed by atoms with van der Waals surface area (Å²) in [4.78, 5) is 27.3. The highest BCUT2D eigenvalue weighted by atomic mass is 33.1. The normalized spacial score (nSPS) is 30.2. The van der Waals surface area contributed by atoms with Crippen molar-refractivity contribution in [1.29, 1.82) is 0 Å². The standard InChI is InChI=1S/C32H40N2O6S4/c1-29(2)21-13-15-31(29,27(35)17-21)19-43(37,38)33-23-9-5-7-11-25(23)41-42-26-12-8-6-10-24(26)34-44(39,40)20-32-16-14-22(18-28(32)36)30(32,3)4/h5-12,21-22,33-34H,13-20H2,1-4H3. The van der Waals surface area contributed by atoms with Gasteiger partial charge in [-0.25, -0.2) is 16.8 Å². The Hall–Kier alpha value is -2.02. The Morgan fingerprint density at radius 3 is 1.34 bits per heavy atom. The molecule has 2 N–H and O–H groups in total. The Kier molecular flexibility index (Phi) is 7.82. The smallest absolute Gasteiger partial charge is 0.233 e. The summed E-state index contributed by atoms with van der Waals surface area (Å²) in [5.74, 6) is 0.0780. The minimum absolute atomic E-state index is 0.0506. The third kappa shape index (κ3) is 5.11. The van der Waals surface area contributed by atoms with Crippen LogP contribution in [0.15, 0.2) is 58.3 Å². The van der Waals surface area contributed by atoms with E-state index in [0.717, 1.165) is 12.8 Å². The third-order valence-electron chi connectivity index (χ3n) is 11.7. The summed E-state index contributed by atoms with van der Waals surface area (Å²) in [6.45, 7) is 8.09. The van der Waals surface area contributed by atoms with Crippen LogP contribution in [0.1, 0.15) is 66.2 Å². The molecule has 0 spiro atoms. The van der Waals surface area contributed by atoms with Crippen LogP contribution in [0.3, 0.4) is 0 Å². The molecule has 12 heteroatoms. The molecule has 4 bridgehead atoms. The SMILES string of the molecule is CC1(C)C2CCC1(CS(=O)(=O)Nc1ccccc1SSc1ccccc1NS(=O)(=O)CC13CCC(CC1=O)C3(C)C)C(=O)C2. The molecule has 0 saturated heterocycles. The topological polar surface area (TPSA) is 126 Å². The summed E-state index contributed by atoms with van der Waals surface area (Å²) >= 11 is 0. The van der Waals surface area contributed by atoms with Crippen LogP contribution in [0.5, 0.6) is 0 Å². The molecule has 0 amide bonds. The Balaban J connectivity index is 1.17. The number of carbonyl (C=O) groups excluding carboxylic acids is 2. The Bertz CT molecular complexity index is 1610. The zero-order chi connectivity index (χ0) is 31.8. The highest BCUT2D eigenvalue weighted by molar-refractivity contribution is 8.76. The van der Waals surface area contributed by atoms with Gasteiger partial charge in [-0.2, -0.15) is 0 Å². The van der Waals surface area contributed by atoms with E-state index in [9.17, 15) is 26.4 Å². The van der Waals surface area contributed by atoms with Crippen LogP contribution < -0.4 is 9.44 Å². The van der Waals surface area contributed by atoms with Crippen molar-refractivity contribution < 1.29 is 26.4 Å². The van der Waals surface area contributed by atoms with Crippen LogP contribution in [0.25, 0.3) is 0 Å². The van der Waals surface area contributed by atoms with Gasteiger partial charge >= 0.3 is 0 Å². The van der Waals surface area contributed by atoms with E-state index in [1.807, 2.05) is 39.8 Å². The van der Waals surface area contributed by atoms with Crippen molar-refractivity contribution in [1.82, 2.24) is 0 Å². The molecule has 4 aliphatic rings. The molecule has 2 aromatic carbocycles. The van der Waals surface area contributed by atoms with E-state index in [-0.39, 0.29) is 45.7 Å². The van der Waals surface area contributed by atoms with Gasteiger partial charge in [0.25, 0.3) is 0 Å². The number of rotatable bonds is 11. The zero-order valence-electron chi connectivity index (χ0n) is 25.5. The van der Waals surface area contributed by atoms with Gasteiger partial charge in [-0.15, -0.1) is 0 Å². The second kappa shape index (κ2) is 10.8. The van der Waals surface area contributed by atoms with Crippen molar-refractivity contribution in [3.8, 4) is 0 Å². The summed E-state index contributed by atoms with van der Waals surface area (Å²) in [6, 6.07) is 14.1. The summed E-state index contributed by atoms with van der Waals surface area (Å²) in [6.07, 6.45) is 3.83. The second-order valence-electron chi connectivity index (χ2n) is 14.2. The lowest BCUT2D eigenvalue weighted by atomic mass is 9.70. The van der Waals surface area contributed by atoms with Gasteiger partial charge in [0.15, 0.2) is 0 Å². The number of hydrogen-bond acceptors (Lipinski definition) is 8. The number of sulfonamides is 2. The Labute approximate surface area is 268 Å². The van der Waals surface area contributed by atoms with Gasteiger partial charge in [-0.1, -0.05) is 73.5 Å². The number of nitrogens with one attached hydrogen (secondary N) is 2. The molecule has 4 unspecified atom stereocenters. The predicted molar refractivity (Wildman–Crippen MR) is 177 cm³/mol. The monoisotopic (exact) mass is 676 g/mol. The van der Waals surface area contributed by atoms with Crippen molar-refractivity contribution in [2.45, 2.75) is 76.0 Å². The maximum absolute atomic E-state index is 13.5. The van der Waals surface area contributed by atoms with Crippen LogP contribution in [0.4, 0.5) is 11.4 Å². The van der Waals surface area contributed by atoms with Crippen LogP contribution in [-0.4, -0.2) is 39.9 Å². The lowest BCUT2D eigenvalue weighted by Crippen LogP contribution is -2.43. The first kappa shape index (κ1) is 31.9. The fraction of sp³-hybridized carbons (Fsp3) is 0.562. The molecular formula is C32H40N2O6S4. The number of carbonyl (C=O) groups is 2. The number of hydrogen-bond donors (Lipinski definition) is 2. The Morgan fingerprint density at radius 1 is 0.659 bits per heavy atom. The molecule has 4 aliphatic carbocycles. The van der Waals surface area contributed by atoms with Crippen LogP contribution in [-0.2, 0) is 29.6 Å². The number of ketones is 2. The largest absolute Gasteiger partial charge is 0.299 e. The molecule has 4 atom stereocenters. The summed E-state index contributed by atoms with van der Waals surface area (Å²) in [5.41, 5.74) is -1.63. The van der Waals surface area contributed by atoms with Gasteiger partial charge in [0.2, 0.25) is 20.0 Å². The van der Waals surface area contributed by atoms with Crippen LogP contribution >= 0.6 is 21.6 Å². The van der Waals surface area contributed by atoms with Crippen LogP contribution in [0, 0.1) is 33.5 Å². The van der Waals surface area contributed by atoms with Crippen molar-refractivity contribution in [2.24, 2.45) is 33.5 Å². The number of fused-ring (bicyclic) bond motifs is 4. The van der Waals surface area contributed by atoms with Gasteiger partial charge < -0.3 is 0 Å². The van der Waals surface area contributed by atoms with Gasteiger partial charge in [-0.3, -0.25) is 19.0 Å². The molecule has 238 valence electrons. The van der Waals surface area contributed by atoms with E-state index in [2.05, 4.69) is 9.44 Å². The molecule has 0 radical (unpaired) electrons. The molecule has 8 nitrogen and oxygen atoms in total. The molecule has 0 heterocycles. The summed E-state index contributed by atoms with van der Waals surface area (Å²) < 4.78 is 59.5. The average Bonchev–Trinajstić information content (AvgIpc) is 3.45. The lowest BCUT2D eigenvalue weighted by Gasteiger charge is -2.36. The number of benzene rings is 2. The highest BCUT2D eigenvalue weighted by Crippen LogP contribution is 2.65. The highest BCUT2D eigenvalue weighted by Gasteiger charge is 2.66. The maximum atomic E-state index is 13.5. The Morgan fingerprint density at radius 2 is 1.02 bits per heavy atom. The molecular weight excluding hydrogens is 637 g/mol. The van der Waals surface area contributed by atoms with E-state index in [4.69, 9.17) is 0 Å². The van der Waals surface area contributed by atoms with Gasteiger partial charge in [-0.05, 0) is 72.6 Å². The van der Waals surface area contributed by atoms with Gasteiger partial charge in [0.05, 0.1) is 33.7 Å². The molecule has 0 aromatic heterocycles. The first-order valence-electron chi connectivity index (χ1n) is 15.1. The molecule has 2 aromatic rings. The predicted octanol–water partition coefficient (Wildman–Crippen LogP) is 6.76. The first-order valence-corrected chi connectivity index (χ1v) is 20.6. The minimum atomic E-state index is -3.85. The second-order valence-corrected chi connectivity index (χ2v) is 19.9. The van der Waals surface area contributed by atoms with E-state index in [1.54, 1.807) is 36.4 Å². The maximum Gasteiger partial charge on any atom is 0.233 e. The van der Waals surface area contributed by atoms with Gasteiger partial charge in [0, 0.05) is 22.6 Å². The van der Waals surface area contributed by atoms with Crippen molar-refractivity contribution in [2.75, 3.05) is 20.9 Å². The summed E-state index contributed by atoms with van der Waals surface area (Å²) in [5, 5.41) is 0. The quantitative estimate of drug-likeness (QED) is 0.250. The molecule has 4 fully saturated rings. The summed E-state index contributed by atoms with van der Waals surface area (Å²) in [7, 11) is -5.06. The van der Waals surface area contributed by atoms with E-state index >= 15 is 0 Å². The van der Waals surface area contributed by atoms with Crippen molar-refractivity contribution in [3.05, 3.63) is 48.5 Å². The third-order valence-corrected chi connectivity index (χ3v) is 17.0. The number of Topliss-reactive ketones (excluding diaryl/α,β-unsaturated/α-hetero) is 2. The fourth-order valence-electron chi connectivity index (χ4n) is 8.61. The van der Waals surface area contributed by atoms with E-state index < -0.39 is 30.9 Å². The fourth-order valence-corrected chi connectivity index (χ4v) is 14.8. The number of anilines is 2.